The molecular weight excluding hydrogens is 258 g/mol. The molecule has 0 saturated carbocycles. The summed E-state index contributed by atoms with van der Waals surface area (Å²) in [5, 5.41) is 2.37. The Morgan fingerprint density at radius 2 is 1.67 bits per heavy atom. The van der Waals surface area contributed by atoms with E-state index in [1.807, 2.05) is 0 Å². The predicted octanol–water partition coefficient (Wildman–Crippen LogP) is 0.304. The summed E-state index contributed by atoms with van der Waals surface area (Å²) in [6.45, 7) is 6.08. The summed E-state index contributed by atoms with van der Waals surface area (Å²) >= 11 is 3.93. The van der Waals surface area contributed by atoms with E-state index in [4.69, 9.17) is 9.47 Å². The smallest absolute Gasteiger partial charge is 0.347 e. The van der Waals surface area contributed by atoms with Gasteiger partial charge in [-0.3, -0.25) is 4.79 Å². The number of esters is 2. The van der Waals surface area contributed by atoms with Crippen LogP contribution in [0.3, 0.4) is 0 Å². The van der Waals surface area contributed by atoms with Crippen molar-refractivity contribution in [3.63, 3.8) is 0 Å². The number of amides is 1. The summed E-state index contributed by atoms with van der Waals surface area (Å²) in [7, 11) is 0. The molecule has 0 aliphatic heterocycles. The van der Waals surface area contributed by atoms with Gasteiger partial charge in [0.1, 0.15) is 6.04 Å². The summed E-state index contributed by atoms with van der Waals surface area (Å²) in [6.07, 6.45) is -1.30. The van der Waals surface area contributed by atoms with E-state index in [1.54, 1.807) is 13.8 Å². The number of carbonyl (C=O) groups excluding carboxylic acids is 3. The molecule has 0 aromatic heterocycles. The Morgan fingerprint density at radius 1 is 1.11 bits per heavy atom. The summed E-state index contributed by atoms with van der Waals surface area (Å²) in [4.78, 5) is 33.9. The minimum absolute atomic E-state index is 0.0877. The molecule has 0 spiro atoms. The number of rotatable bonds is 6. The minimum Gasteiger partial charge on any atom is -0.460 e. The van der Waals surface area contributed by atoms with Crippen LogP contribution in [0.1, 0.15) is 27.7 Å². The van der Waals surface area contributed by atoms with Gasteiger partial charge in [0.2, 0.25) is 5.91 Å². The molecule has 2 atom stereocenters. The lowest BCUT2D eigenvalue weighted by Crippen LogP contribution is -2.44. The first-order valence-electron chi connectivity index (χ1n) is 5.56. The zero-order chi connectivity index (χ0) is 14.3. The van der Waals surface area contributed by atoms with Crippen LogP contribution in [-0.2, 0) is 23.9 Å². The molecule has 1 amide bonds. The number of hydrogen-bond donors (Lipinski definition) is 2. The fraction of sp³-hybridized carbons (Fsp3) is 0.727. The Morgan fingerprint density at radius 3 is 2.06 bits per heavy atom. The lowest BCUT2D eigenvalue weighted by atomic mass is 10.3. The molecule has 18 heavy (non-hydrogen) atoms. The van der Waals surface area contributed by atoms with E-state index in [1.165, 1.54) is 13.8 Å². The van der Waals surface area contributed by atoms with Gasteiger partial charge >= 0.3 is 11.9 Å². The van der Waals surface area contributed by atoms with Gasteiger partial charge in [-0.25, -0.2) is 9.59 Å². The van der Waals surface area contributed by atoms with Crippen molar-refractivity contribution in [2.24, 2.45) is 0 Å². The van der Waals surface area contributed by atoms with Gasteiger partial charge in [0.25, 0.3) is 0 Å². The highest BCUT2D eigenvalue weighted by atomic mass is 32.1. The zero-order valence-corrected chi connectivity index (χ0v) is 11.8. The van der Waals surface area contributed by atoms with E-state index >= 15 is 0 Å². The Kier molecular flexibility index (Phi) is 7.42. The van der Waals surface area contributed by atoms with Crippen LogP contribution in [0.2, 0.25) is 0 Å². The Labute approximate surface area is 112 Å². The van der Waals surface area contributed by atoms with Crippen molar-refractivity contribution in [3.05, 3.63) is 0 Å². The molecule has 0 aromatic carbocycles. The van der Waals surface area contributed by atoms with Crippen molar-refractivity contribution in [2.75, 3.05) is 5.75 Å². The first-order valence-corrected chi connectivity index (χ1v) is 6.20. The van der Waals surface area contributed by atoms with Crippen molar-refractivity contribution in [1.29, 1.82) is 0 Å². The standard InChI is InChI=1S/C11H19NO5S/c1-6(2)16-10(14)7(3)17-11(15)9(5-18)12-8(4)13/h6-7,9,18H,5H2,1-4H3,(H,12,13). The molecule has 0 aliphatic carbocycles. The van der Waals surface area contributed by atoms with E-state index in [9.17, 15) is 14.4 Å². The average molecular weight is 277 g/mol. The fourth-order valence-corrected chi connectivity index (χ4v) is 1.30. The molecule has 1 N–H and O–H groups in total. The normalized spacial score (nSPS) is 13.7. The largest absolute Gasteiger partial charge is 0.460 e. The molecule has 0 radical (unpaired) electrons. The summed E-state index contributed by atoms with van der Waals surface area (Å²) in [5.74, 6) is -1.62. The van der Waals surface area contributed by atoms with E-state index in [-0.39, 0.29) is 17.8 Å². The second-order valence-corrected chi connectivity index (χ2v) is 4.37. The Bertz CT molecular complexity index is 319. The quantitative estimate of drug-likeness (QED) is 0.539. The maximum absolute atomic E-state index is 11.6. The molecule has 104 valence electrons. The van der Waals surface area contributed by atoms with Gasteiger partial charge in [-0.05, 0) is 20.8 Å². The van der Waals surface area contributed by atoms with Gasteiger partial charge < -0.3 is 14.8 Å². The van der Waals surface area contributed by atoms with Crippen LogP contribution in [0.4, 0.5) is 0 Å². The van der Waals surface area contributed by atoms with Gasteiger partial charge in [0.05, 0.1) is 6.10 Å². The van der Waals surface area contributed by atoms with Crippen LogP contribution in [0.5, 0.6) is 0 Å². The number of ether oxygens (including phenoxy) is 2. The van der Waals surface area contributed by atoms with Gasteiger partial charge in [-0.15, -0.1) is 0 Å². The first kappa shape index (κ1) is 16.8. The lowest BCUT2D eigenvalue weighted by molar-refractivity contribution is -0.170. The molecule has 0 aromatic rings. The molecule has 2 unspecified atom stereocenters. The van der Waals surface area contributed by atoms with Crippen molar-refractivity contribution in [2.45, 2.75) is 45.9 Å². The highest BCUT2D eigenvalue weighted by Crippen LogP contribution is 2.02. The molecule has 0 aliphatic rings. The molecular formula is C11H19NO5S. The van der Waals surface area contributed by atoms with E-state index in [0.29, 0.717) is 0 Å². The molecule has 7 heteroatoms. The highest BCUT2D eigenvalue weighted by molar-refractivity contribution is 7.80. The predicted molar refractivity (Wildman–Crippen MR) is 68.2 cm³/mol. The number of thiol groups is 1. The van der Waals surface area contributed by atoms with Gasteiger partial charge in [0, 0.05) is 12.7 Å². The second-order valence-electron chi connectivity index (χ2n) is 4.00. The summed E-state index contributed by atoms with van der Waals surface area (Å²) in [6, 6.07) is -0.875. The van der Waals surface area contributed by atoms with Crippen LogP contribution in [-0.4, -0.2) is 41.8 Å². The third-order valence-electron chi connectivity index (χ3n) is 1.82. The molecule has 0 bridgehead atoms. The third-order valence-corrected chi connectivity index (χ3v) is 2.19. The zero-order valence-electron chi connectivity index (χ0n) is 10.9. The monoisotopic (exact) mass is 277 g/mol. The van der Waals surface area contributed by atoms with E-state index < -0.39 is 24.1 Å². The van der Waals surface area contributed by atoms with Gasteiger partial charge in [-0.2, -0.15) is 12.6 Å². The van der Waals surface area contributed by atoms with Crippen molar-refractivity contribution in [1.82, 2.24) is 5.32 Å². The minimum atomic E-state index is -1.02. The first-order chi connectivity index (χ1) is 8.27. The fourth-order valence-electron chi connectivity index (χ4n) is 1.06. The number of carbonyl (C=O) groups is 3. The van der Waals surface area contributed by atoms with Crippen LogP contribution in [0.25, 0.3) is 0 Å². The maximum Gasteiger partial charge on any atom is 0.347 e. The highest BCUT2D eigenvalue weighted by Gasteiger charge is 2.25. The van der Waals surface area contributed by atoms with Crippen LogP contribution in [0, 0.1) is 0 Å². The summed E-state index contributed by atoms with van der Waals surface area (Å²) < 4.78 is 9.77. The summed E-state index contributed by atoms with van der Waals surface area (Å²) in [5.41, 5.74) is 0. The van der Waals surface area contributed by atoms with Crippen LogP contribution >= 0.6 is 12.6 Å². The average Bonchev–Trinajstić information content (AvgIpc) is 2.24. The van der Waals surface area contributed by atoms with E-state index in [0.717, 1.165) is 0 Å². The SMILES string of the molecule is CC(=O)NC(CS)C(=O)OC(C)C(=O)OC(C)C. The van der Waals surface area contributed by atoms with Crippen molar-refractivity contribution in [3.8, 4) is 0 Å². The van der Waals surface area contributed by atoms with Crippen LogP contribution in [0.15, 0.2) is 0 Å². The second kappa shape index (κ2) is 7.97. The van der Waals surface area contributed by atoms with Crippen molar-refractivity contribution >= 4 is 30.5 Å². The molecule has 0 fully saturated rings. The van der Waals surface area contributed by atoms with Crippen LogP contribution < -0.4 is 5.32 Å². The molecule has 0 rings (SSSR count). The van der Waals surface area contributed by atoms with Gasteiger partial charge in [-0.1, -0.05) is 0 Å². The molecule has 0 heterocycles. The molecule has 6 nitrogen and oxygen atoms in total. The lowest BCUT2D eigenvalue weighted by Gasteiger charge is -2.18. The van der Waals surface area contributed by atoms with Crippen molar-refractivity contribution < 1.29 is 23.9 Å². The maximum atomic E-state index is 11.6. The van der Waals surface area contributed by atoms with Gasteiger partial charge in [0.15, 0.2) is 6.10 Å². The number of hydrogen-bond acceptors (Lipinski definition) is 6. The van der Waals surface area contributed by atoms with E-state index in [2.05, 4.69) is 17.9 Å². The molecule has 0 saturated heterocycles. The number of nitrogens with one attached hydrogen (secondary N) is 1. The topological polar surface area (TPSA) is 81.7 Å². The third kappa shape index (κ3) is 6.48. The Balaban J connectivity index is 4.35. The Hall–Kier alpha value is -1.24.